The number of halogens is 1. The molecular weight excluding hydrogens is 308 g/mol. The average Bonchev–Trinajstić information content (AvgIpc) is 2.99. The highest BCUT2D eigenvalue weighted by molar-refractivity contribution is 9.10. The Bertz CT molecular complexity index is 689. The molecule has 0 bridgehead atoms. The fourth-order valence-corrected chi connectivity index (χ4v) is 2.14. The Morgan fingerprint density at radius 1 is 1.16 bits per heavy atom. The van der Waals surface area contributed by atoms with E-state index in [4.69, 9.17) is 9.15 Å². The van der Waals surface area contributed by atoms with Crippen LogP contribution in [-0.4, -0.2) is 9.78 Å². The van der Waals surface area contributed by atoms with Crippen LogP contribution in [0.2, 0.25) is 0 Å². The van der Waals surface area contributed by atoms with Gasteiger partial charge in [0.1, 0.15) is 11.5 Å². The molecule has 19 heavy (non-hydrogen) atoms. The van der Waals surface area contributed by atoms with Gasteiger partial charge in [0.15, 0.2) is 10.4 Å². The van der Waals surface area contributed by atoms with Crippen LogP contribution in [0.25, 0.3) is 5.88 Å². The molecule has 3 aromatic rings. The van der Waals surface area contributed by atoms with Gasteiger partial charge < -0.3 is 9.15 Å². The van der Waals surface area contributed by atoms with Crippen molar-refractivity contribution in [3.05, 3.63) is 59.0 Å². The van der Waals surface area contributed by atoms with Gasteiger partial charge in [-0.05, 0) is 41.1 Å². The van der Waals surface area contributed by atoms with Crippen molar-refractivity contribution in [3.8, 4) is 17.4 Å². The molecule has 0 N–H and O–H groups in total. The third-order valence-electron chi connectivity index (χ3n) is 2.59. The Kier molecular flexibility index (Phi) is 3.13. The lowest BCUT2D eigenvalue weighted by molar-refractivity contribution is 0.472. The first kappa shape index (κ1) is 12.0. The maximum atomic E-state index is 5.75. The molecule has 1 aromatic carbocycles. The van der Waals surface area contributed by atoms with Gasteiger partial charge in [-0.1, -0.05) is 18.2 Å². The van der Waals surface area contributed by atoms with E-state index in [0.717, 1.165) is 11.5 Å². The number of furan rings is 1. The number of benzene rings is 1. The summed E-state index contributed by atoms with van der Waals surface area (Å²) >= 11 is 3.47. The molecule has 0 saturated heterocycles. The lowest BCUT2D eigenvalue weighted by atomic mass is 10.3. The number of hydrogen-bond donors (Lipinski definition) is 0. The van der Waals surface area contributed by atoms with Gasteiger partial charge in [-0.25, -0.2) is 0 Å². The molecule has 0 saturated carbocycles. The third kappa shape index (κ3) is 2.42. The molecule has 0 radical (unpaired) electrons. The molecule has 96 valence electrons. The number of hydrogen-bond acceptors (Lipinski definition) is 3. The maximum Gasteiger partial charge on any atom is 0.221 e. The lowest BCUT2D eigenvalue weighted by Crippen LogP contribution is -1.94. The summed E-state index contributed by atoms with van der Waals surface area (Å²) in [7, 11) is 0. The molecule has 0 aliphatic carbocycles. The lowest BCUT2D eigenvalue weighted by Gasteiger charge is -2.03. The van der Waals surface area contributed by atoms with Crippen molar-refractivity contribution in [2.75, 3.05) is 0 Å². The topological polar surface area (TPSA) is 40.2 Å². The predicted octanol–water partition coefficient (Wildman–Crippen LogP) is 4.33. The van der Waals surface area contributed by atoms with Crippen LogP contribution in [0.4, 0.5) is 0 Å². The van der Waals surface area contributed by atoms with Crippen LogP contribution in [0.5, 0.6) is 11.5 Å². The van der Waals surface area contributed by atoms with Crippen molar-refractivity contribution < 1.29 is 9.15 Å². The average molecular weight is 319 g/mol. The van der Waals surface area contributed by atoms with Gasteiger partial charge >= 0.3 is 0 Å². The van der Waals surface area contributed by atoms with Crippen molar-refractivity contribution >= 4 is 15.9 Å². The fraction of sp³-hybridized carbons (Fsp3) is 0.0714. The van der Waals surface area contributed by atoms with Gasteiger partial charge in [-0.15, -0.1) is 0 Å². The second-order valence-corrected chi connectivity index (χ2v) is 4.76. The zero-order valence-corrected chi connectivity index (χ0v) is 11.8. The predicted molar refractivity (Wildman–Crippen MR) is 74.8 cm³/mol. The van der Waals surface area contributed by atoms with E-state index in [9.17, 15) is 0 Å². The van der Waals surface area contributed by atoms with Gasteiger partial charge in [0, 0.05) is 6.07 Å². The standard InChI is InChI=1S/C14H11BrN2O2/c1-10-7-8-13(18-10)17-14(15)12(9-16-17)19-11-5-3-2-4-6-11/h2-9H,1H3. The molecule has 0 aliphatic heterocycles. The summed E-state index contributed by atoms with van der Waals surface area (Å²) in [6.07, 6.45) is 1.65. The van der Waals surface area contributed by atoms with Crippen LogP contribution in [0.1, 0.15) is 5.76 Å². The minimum absolute atomic E-state index is 0.639. The van der Waals surface area contributed by atoms with Crippen LogP contribution in [0.15, 0.2) is 57.7 Å². The summed E-state index contributed by atoms with van der Waals surface area (Å²) in [4.78, 5) is 0. The third-order valence-corrected chi connectivity index (χ3v) is 3.31. The zero-order valence-electron chi connectivity index (χ0n) is 10.2. The molecule has 4 nitrogen and oxygen atoms in total. The van der Waals surface area contributed by atoms with Crippen LogP contribution in [-0.2, 0) is 0 Å². The summed E-state index contributed by atoms with van der Waals surface area (Å²) < 4.78 is 13.6. The van der Waals surface area contributed by atoms with E-state index in [1.807, 2.05) is 49.4 Å². The monoisotopic (exact) mass is 318 g/mol. The Balaban J connectivity index is 1.91. The molecule has 3 rings (SSSR count). The van der Waals surface area contributed by atoms with Gasteiger partial charge in [-0.3, -0.25) is 0 Å². The van der Waals surface area contributed by atoms with Gasteiger partial charge in [0.25, 0.3) is 0 Å². The quantitative estimate of drug-likeness (QED) is 0.721. The van der Waals surface area contributed by atoms with E-state index in [0.29, 0.717) is 16.2 Å². The van der Waals surface area contributed by atoms with Crippen molar-refractivity contribution in [1.82, 2.24) is 9.78 Å². The van der Waals surface area contributed by atoms with E-state index in [2.05, 4.69) is 21.0 Å². The second kappa shape index (κ2) is 4.93. The largest absolute Gasteiger partial charge is 0.453 e. The molecule has 2 heterocycles. The van der Waals surface area contributed by atoms with Crippen molar-refractivity contribution in [2.24, 2.45) is 0 Å². The molecule has 2 aromatic heterocycles. The summed E-state index contributed by atoms with van der Waals surface area (Å²) in [5.41, 5.74) is 0. The highest BCUT2D eigenvalue weighted by atomic mass is 79.9. The Morgan fingerprint density at radius 2 is 1.95 bits per heavy atom. The second-order valence-electron chi connectivity index (χ2n) is 4.01. The van der Waals surface area contributed by atoms with Gasteiger partial charge in [0.05, 0.1) is 6.20 Å². The van der Waals surface area contributed by atoms with Crippen LogP contribution < -0.4 is 4.74 Å². The normalized spacial score (nSPS) is 10.6. The number of rotatable bonds is 3. The van der Waals surface area contributed by atoms with Gasteiger partial charge in [-0.2, -0.15) is 9.78 Å². The first-order valence-corrected chi connectivity index (χ1v) is 6.56. The summed E-state index contributed by atoms with van der Waals surface area (Å²) in [6.45, 7) is 1.89. The van der Waals surface area contributed by atoms with Crippen molar-refractivity contribution in [1.29, 1.82) is 0 Å². The molecule has 0 fully saturated rings. The van der Waals surface area contributed by atoms with E-state index in [1.54, 1.807) is 10.9 Å². The van der Waals surface area contributed by atoms with Crippen LogP contribution in [0.3, 0.4) is 0 Å². The summed E-state index contributed by atoms with van der Waals surface area (Å²) in [6, 6.07) is 13.3. The van der Waals surface area contributed by atoms with Crippen molar-refractivity contribution in [2.45, 2.75) is 6.92 Å². The molecule has 5 heteroatoms. The zero-order chi connectivity index (χ0) is 13.2. The van der Waals surface area contributed by atoms with E-state index >= 15 is 0 Å². The molecule has 0 atom stereocenters. The number of aryl methyl sites for hydroxylation is 1. The van der Waals surface area contributed by atoms with Crippen molar-refractivity contribution in [3.63, 3.8) is 0 Å². The molecule has 0 spiro atoms. The summed E-state index contributed by atoms with van der Waals surface area (Å²) in [5, 5.41) is 4.25. The molecule has 0 aliphatic rings. The number of para-hydroxylation sites is 1. The number of ether oxygens (including phenoxy) is 1. The smallest absolute Gasteiger partial charge is 0.221 e. The molecule has 0 amide bonds. The van der Waals surface area contributed by atoms with Crippen LogP contribution in [0, 0.1) is 6.92 Å². The minimum atomic E-state index is 0.639. The first-order valence-electron chi connectivity index (χ1n) is 5.77. The highest BCUT2D eigenvalue weighted by Crippen LogP contribution is 2.31. The Morgan fingerprint density at radius 3 is 2.63 bits per heavy atom. The molecule has 0 unspecified atom stereocenters. The van der Waals surface area contributed by atoms with E-state index < -0.39 is 0 Å². The van der Waals surface area contributed by atoms with Gasteiger partial charge in [0.2, 0.25) is 5.88 Å². The first-order chi connectivity index (χ1) is 9.24. The van der Waals surface area contributed by atoms with Crippen LogP contribution >= 0.6 is 15.9 Å². The minimum Gasteiger partial charge on any atom is -0.453 e. The maximum absolute atomic E-state index is 5.75. The Hall–Kier alpha value is -2.01. The number of aromatic nitrogens is 2. The fourth-order valence-electron chi connectivity index (χ4n) is 1.69. The van der Waals surface area contributed by atoms with E-state index in [1.165, 1.54) is 0 Å². The molecular formula is C14H11BrN2O2. The highest BCUT2D eigenvalue weighted by Gasteiger charge is 2.13. The Labute approximate surface area is 118 Å². The number of nitrogens with zero attached hydrogens (tertiary/aromatic N) is 2. The van der Waals surface area contributed by atoms with E-state index in [-0.39, 0.29) is 0 Å². The summed E-state index contributed by atoms with van der Waals surface area (Å²) in [5.74, 6) is 2.88. The SMILES string of the molecule is Cc1ccc(-n2ncc(Oc3ccccc3)c2Br)o1.